The first kappa shape index (κ1) is 22.8. The number of rotatable bonds is 7. The molecule has 0 radical (unpaired) electrons. The second-order valence-corrected chi connectivity index (χ2v) is 8.77. The second kappa shape index (κ2) is 8.90. The monoisotopic (exact) mass is 474 g/mol. The molecule has 172 valence electrons. The number of aromatic nitrogens is 2. The van der Waals surface area contributed by atoms with Crippen molar-refractivity contribution in [3.05, 3.63) is 76.4 Å². The molecule has 33 heavy (non-hydrogen) atoms. The summed E-state index contributed by atoms with van der Waals surface area (Å²) in [5.41, 5.74) is 2.35. The fraction of sp³-hybridized carbons (Fsp3) is 0.250. The van der Waals surface area contributed by atoms with Gasteiger partial charge in [0.05, 0.1) is 30.0 Å². The molecule has 0 unspecified atom stereocenters. The van der Waals surface area contributed by atoms with Crippen LogP contribution in [0, 0.1) is 6.92 Å². The maximum absolute atomic E-state index is 12.8. The van der Waals surface area contributed by atoms with E-state index >= 15 is 0 Å². The molecule has 4 aromatic rings. The van der Waals surface area contributed by atoms with Crippen LogP contribution >= 0.6 is 11.3 Å². The number of halogens is 3. The van der Waals surface area contributed by atoms with Gasteiger partial charge < -0.3 is 9.84 Å². The van der Waals surface area contributed by atoms with E-state index in [4.69, 9.17) is 9.84 Å². The lowest BCUT2D eigenvalue weighted by atomic mass is 10.0. The summed E-state index contributed by atoms with van der Waals surface area (Å²) in [6.07, 6.45) is -2.58. The van der Waals surface area contributed by atoms with Gasteiger partial charge in [-0.25, -0.2) is 4.68 Å². The highest BCUT2D eigenvalue weighted by Gasteiger charge is 2.30. The molecule has 0 saturated heterocycles. The summed E-state index contributed by atoms with van der Waals surface area (Å²) in [6.45, 7) is 4.24. The van der Waals surface area contributed by atoms with Crippen molar-refractivity contribution in [1.29, 1.82) is 0 Å². The van der Waals surface area contributed by atoms with Gasteiger partial charge in [0.15, 0.2) is 0 Å². The summed E-state index contributed by atoms with van der Waals surface area (Å²) in [5, 5.41) is 16.2. The summed E-state index contributed by atoms with van der Waals surface area (Å²) in [6, 6.07) is 10.5. The molecule has 0 aliphatic carbocycles. The van der Waals surface area contributed by atoms with E-state index in [0.29, 0.717) is 18.0 Å². The van der Waals surface area contributed by atoms with Gasteiger partial charge in [-0.15, -0.1) is 11.3 Å². The molecule has 2 heterocycles. The first-order valence-electron chi connectivity index (χ1n) is 10.2. The number of aliphatic carboxylic acids is 1. The molecule has 0 aliphatic heterocycles. The molecule has 0 spiro atoms. The number of fused-ring (bicyclic) bond motifs is 1. The largest absolute Gasteiger partial charge is 0.493 e. The van der Waals surface area contributed by atoms with Crippen LogP contribution in [-0.4, -0.2) is 27.5 Å². The summed E-state index contributed by atoms with van der Waals surface area (Å²) in [7, 11) is 0. The molecule has 0 bridgehead atoms. The van der Waals surface area contributed by atoms with Crippen LogP contribution in [0.4, 0.5) is 13.2 Å². The Labute approximate surface area is 192 Å². The number of carboxylic acids is 1. The van der Waals surface area contributed by atoms with Crippen LogP contribution in [0.2, 0.25) is 0 Å². The fourth-order valence-electron chi connectivity index (χ4n) is 3.66. The van der Waals surface area contributed by atoms with Gasteiger partial charge in [0.1, 0.15) is 5.75 Å². The Morgan fingerprint density at radius 2 is 1.94 bits per heavy atom. The van der Waals surface area contributed by atoms with E-state index in [2.05, 4.69) is 5.10 Å². The third-order valence-corrected chi connectivity index (χ3v) is 6.39. The van der Waals surface area contributed by atoms with Crippen molar-refractivity contribution in [2.45, 2.75) is 32.4 Å². The normalized spacial score (nSPS) is 12.8. The minimum Gasteiger partial charge on any atom is -0.493 e. The zero-order valence-electron chi connectivity index (χ0n) is 17.9. The van der Waals surface area contributed by atoms with Crippen molar-refractivity contribution in [3.63, 3.8) is 0 Å². The van der Waals surface area contributed by atoms with Crippen LogP contribution in [0.3, 0.4) is 0 Å². The lowest BCUT2D eigenvalue weighted by molar-refractivity contribution is -0.138. The molecular weight excluding hydrogens is 453 g/mol. The topological polar surface area (TPSA) is 64.4 Å². The van der Waals surface area contributed by atoms with Crippen LogP contribution in [0.5, 0.6) is 5.75 Å². The van der Waals surface area contributed by atoms with Gasteiger partial charge in [-0.05, 0) is 71.3 Å². The van der Waals surface area contributed by atoms with E-state index in [-0.39, 0.29) is 12.3 Å². The molecule has 0 saturated carbocycles. The van der Waals surface area contributed by atoms with Crippen LogP contribution < -0.4 is 4.74 Å². The second-order valence-electron chi connectivity index (χ2n) is 7.86. The zero-order chi connectivity index (χ0) is 23.8. The highest BCUT2D eigenvalue weighted by Crippen LogP contribution is 2.32. The van der Waals surface area contributed by atoms with Crippen molar-refractivity contribution in [1.82, 2.24) is 9.78 Å². The van der Waals surface area contributed by atoms with Crippen LogP contribution in [-0.2, 0) is 17.4 Å². The molecule has 1 atom stereocenters. The Kier molecular flexibility index (Phi) is 6.16. The van der Waals surface area contributed by atoms with E-state index in [9.17, 15) is 18.0 Å². The standard InChI is InChI=1S/C24H21F3N2O3S/c1-14(12-32-19-7-8-20-16(9-23(30)31)13-33-22(20)10-19)21-11-29(28-15(21)2)18-5-3-17(4-6-18)24(25,26)27/h3-8,10-11,13-14H,9,12H2,1-2H3,(H,30,31)/t14-/m0/s1. The number of aryl methyl sites for hydroxylation is 1. The van der Waals surface area contributed by atoms with E-state index < -0.39 is 17.7 Å². The lowest BCUT2D eigenvalue weighted by Crippen LogP contribution is -2.07. The molecule has 9 heteroatoms. The average molecular weight is 475 g/mol. The third kappa shape index (κ3) is 5.03. The summed E-state index contributed by atoms with van der Waals surface area (Å²) in [5.74, 6) is -0.184. The van der Waals surface area contributed by atoms with E-state index in [1.807, 2.05) is 43.6 Å². The van der Waals surface area contributed by atoms with Crippen LogP contribution in [0.25, 0.3) is 15.8 Å². The Morgan fingerprint density at radius 3 is 2.61 bits per heavy atom. The van der Waals surface area contributed by atoms with Gasteiger partial charge in [-0.1, -0.05) is 6.92 Å². The van der Waals surface area contributed by atoms with E-state index in [0.717, 1.165) is 39.0 Å². The number of nitrogens with zero attached hydrogens (tertiary/aromatic N) is 2. The first-order valence-corrected chi connectivity index (χ1v) is 11.1. The van der Waals surface area contributed by atoms with Gasteiger partial charge >= 0.3 is 12.1 Å². The highest BCUT2D eigenvalue weighted by atomic mass is 32.1. The van der Waals surface area contributed by atoms with Gasteiger partial charge in [0.2, 0.25) is 0 Å². The predicted octanol–water partition coefficient (Wildman–Crippen LogP) is 6.22. The van der Waals surface area contributed by atoms with Gasteiger partial charge in [-0.3, -0.25) is 4.79 Å². The van der Waals surface area contributed by atoms with Crippen LogP contribution in [0.1, 0.15) is 35.2 Å². The minimum atomic E-state index is -4.38. The van der Waals surface area contributed by atoms with E-state index in [1.54, 1.807) is 4.68 Å². The third-order valence-electron chi connectivity index (χ3n) is 5.40. The quantitative estimate of drug-likeness (QED) is 0.345. The molecular formula is C24H21F3N2O3S. The maximum Gasteiger partial charge on any atom is 0.416 e. The smallest absolute Gasteiger partial charge is 0.416 e. The van der Waals surface area contributed by atoms with Crippen molar-refractivity contribution in [2.24, 2.45) is 0 Å². The maximum atomic E-state index is 12.8. The molecule has 2 aromatic carbocycles. The minimum absolute atomic E-state index is 0.00481. The van der Waals surface area contributed by atoms with E-state index in [1.165, 1.54) is 23.5 Å². The fourth-order valence-corrected chi connectivity index (χ4v) is 4.65. The molecule has 5 nitrogen and oxygen atoms in total. The molecule has 0 amide bonds. The molecule has 2 aromatic heterocycles. The summed E-state index contributed by atoms with van der Waals surface area (Å²) >= 11 is 1.48. The van der Waals surface area contributed by atoms with Gasteiger partial charge in [0, 0.05) is 16.8 Å². The SMILES string of the molecule is Cc1nn(-c2ccc(C(F)(F)F)cc2)cc1[C@@H](C)COc1ccc2c(CC(=O)O)csc2c1. The van der Waals surface area contributed by atoms with Crippen molar-refractivity contribution in [3.8, 4) is 11.4 Å². The van der Waals surface area contributed by atoms with Gasteiger partial charge in [0.25, 0.3) is 0 Å². The average Bonchev–Trinajstić information content (AvgIpc) is 3.34. The lowest BCUT2D eigenvalue weighted by Gasteiger charge is -2.13. The number of benzene rings is 2. The Hall–Kier alpha value is -3.33. The van der Waals surface area contributed by atoms with Gasteiger partial charge in [-0.2, -0.15) is 18.3 Å². The Balaban J connectivity index is 1.45. The number of hydrogen-bond acceptors (Lipinski definition) is 4. The zero-order valence-corrected chi connectivity index (χ0v) is 18.7. The molecule has 0 fully saturated rings. The number of ether oxygens (including phenoxy) is 1. The molecule has 4 rings (SSSR count). The van der Waals surface area contributed by atoms with Crippen LogP contribution in [0.15, 0.2) is 54.0 Å². The molecule has 0 aliphatic rings. The summed E-state index contributed by atoms with van der Waals surface area (Å²) < 4.78 is 46.9. The first-order chi connectivity index (χ1) is 15.6. The van der Waals surface area contributed by atoms with Crippen molar-refractivity contribution >= 4 is 27.4 Å². The predicted molar refractivity (Wildman–Crippen MR) is 120 cm³/mol. The number of alkyl halides is 3. The number of carboxylic acid groups (broad SMARTS) is 1. The number of carbonyl (C=O) groups is 1. The number of thiophene rings is 1. The highest BCUT2D eigenvalue weighted by molar-refractivity contribution is 7.17. The van der Waals surface area contributed by atoms with Crippen molar-refractivity contribution in [2.75, 3.05) is 6.61 Å². The number of hydrogen-bond donors (Lipinski definition) is 1. The summed E-state index contributed by atoms with van der Waals surface area (Å²) in [4.78, 5) is 11.0. The Morgan fingerprint density at radius 1 is 1.21 bits per heavy atom. The Bertz CT molecular complexity index is 1290. The van der Waals surface area contributed by atoms with Crippen molar-refractivity contribution < 1.29 is 27.8 Å². The molecule has 1 N–H and O–H groups in total.